The number of amides is 1. The van der Waals surface area contributed by atoms with Crippen molar-refractivity contribution in [1.82, 2.24) is 9.97 Å². The molecule has 1 saturated heterocycles. The van der Waals surface area contributed by atoms with Crippen molar-refractivity contribution in [2.45, 2.75) is 26.1 Å². The Hall–Kier alpha value is -3.79. The number of anilines is 3. The van der Waals surface area contributed by atoms with Gasteiger partial charge in [-0.25, -0.2) is 9.97 Å². The van der Waals surface area contributed by atoms with Crippen molar-refractivity contribution in [3.63, 3.8) is 0 Å². The fourth-order valence-corrected chi connectivity index (χ4v) is 3.89. The Labute approximate surface area is 184 Å². The molecule has 2 aromatic carbocycles. The van der Waals surface area contributed by atoms with E-state index in [1.807, 2.05) is 61.2 Å². The number of morpholine rings is 1. The van der Waals surface area contributed by atoms with Crippen LogP contribution in [0.4, 0.5) is 23.0 Å². The van der Waals surface area contributed by atoms with Gasteiger partial charge in [0.05, 0.1) is 23.7 Å². The van der Waals surface area contributed by atoms with Crippen LogP contribution in [0.25, 0.3) is 10.8 Å². The Morgan fingerprint density at radius 3 is 2.59 bits per heavy atom. The lowest BCUT2D eigenvalue weighted by Crippen LogP contribution is -2.46. The molecule has 0 aliphatic carbocycles. The second-order valence-electron chi connectivity index (χ2n) is 7.78. The van der Waals surface area contributed by atoms with Gasteiger partial charge in [0.25, 0.3) is 0 Å². The van der Waals surface area contributed by atoms with Gasteiger partial charge in [-0.15, -0.1) is 0 Å². The summed E-state index contributed by atoms with van der Waals surface area (Å²) >= 11 is 0. The van der Waals surface area contributed by atoms with Gasteiger partial charge in [0.1, 0.15) is 6.33 Å². The lowest BCUT2D eigenvalue weighted by molar-refractivity contribution is -0.383. The van der Waals surface area contributed by atoms with Crippen molar-refractivity contribution in [2.24, 2.45) is 0 Å². The van der Waals surface area contributed by atoms with Crippen LogP contribution in [0.2, 0.25) is 0 Å². The van der Waals surface area contributed by atoms with Crippen LogP contribution in [-0.4, -0.2) is 52.6 Å². The number of hydrogen-bond donors (Lipinski definition) is 2. The van der Waals surface area contributed by atoms with Crippen molar-refractivity contribution < 1.29 is 14.5 Å². The molecule has 166 valence electrons. The highest BCUT2D eigenvalue weighted by molar-refractivity contribution is 5.96. The average Bonchev–Trinajstić information content (AvgIpc) is 2.76. The zero-order valence-corrected chi connectivity index (χ0v) is 17.8. The number of nitrogens with one attached hydrogen (secondary N) is 2. The third-order valence-corrected chi connectivity index (χ3v) is 5.15. The van der Waals surface area contributed by atoms with E-state index in [2.05, 4.69) is 20.6 Å². The first kappa shape index (κ1) is 21.4. The van der Waals surface area contributed by atoms with E-state index in [1.54, 1.807) is 0 Å². The Morgan fingerprint density at radius 2 is 1.88 bits per heavy atom. The molecule has 1 aliphatic rings. The van der Waals surface area contributed by atoms with E-state index in [0.29, 0.717) is 18.8 Å². The quantitative estimate of drug-likeness (QED) is 0.446. The molecule has 2 heterocycles. The fraction of sp³-hybridized carbons (Fsp3) is 0.318. The van der Waals surface area contributed by atoms with Gasteiger partial charge < -0.3 is 20.3 Å². The van der Waals surface area contributed by atoms with Crippen LogP contribution in [0, 0.1) is 10.1 Å². The Balaban J connectivity index is 1.48. The molecule has 0 spiro atoms. The van der Waals surface area contributed by atoms with Crippen molar-refractivity contribution >= 4 is 39.7 Å². The van der Waals surface area contributed by atoms with Gasteiger partial charge in [-0.1, -0.05) is 30.3 Å². The molecule has 1 fully saturated rings. The molecule has 0 radical (unpaired) electrons. The van der Waals surface area contributed by atoms with Gasteiger partial charge in [-0.05, 0) is 36.8 Å². The zero-order chi connectivity index (χ0) is 22.7. The number of aromatic nitrogens is 2. The fourth-order valence-electron chi connectivity index (χ4n) is 3.89. The molecule has 0 bridgehead atoms. The minimum atomic E-state index is -0.524. The van der Waals surface area contributed by atoms with Crippen LogP contribution in [0.1, 0.15) is 13.8 Å². The highest BCUT2D eigenvalue weighted by Crippen LogP contribution is 2.33. The standard InChI is InChI=1S/C22H24N6O4/c1-14-11-27(12-15(2)32-14)22-20(28(30)31)21(24-13-25-22)23-10-19(29)26-18-8-7-16-5-3-4-6-17(16)9-18/h3-9,13-15H,10-12H2,1-2H3,(H,26,29)(H,23,24,25). The van der Waals surface area contributed by atoms with Crippen molar-refractivity contribution in [3.8, 4) is 0 Å². The Bertz CT molecular complexity index is 1140. The van der Waals surface area contributed by atoms with Gasteiger partial charge in [-0.2, -0.15) is 0 Å². The van der Waals surface area contributed by atoms with Crippen LogP contribution < -0.4 is 15.5 Å². The summed E-state index contributed by atoms with van der Waals surface area (Å²) in [5.74, 6) is -0.131. The third-order valence-electron chi connectivity index (χ3n) is 5.15. The molecule has 32 heavy (non-hydrogen) atoms. The number of nitrogens with zero attached hydrogens (tertiary/aromatic N) is 4. The lowest BCUT2D eigenvalue weighted by Gasteiger charge is -2.35. The number of benzene rings is 2. The molecule has 2 atom stereocenters. The summed E-state index contributed by atoms with van der Waals surface area (Å²) in [5, 5.41) is 19.5. The molecule has 2 N–H and O–H groups in total. The van der Waals surface area contributed by atoms with Crippen LogP contribution in [0.5, 0.6) is 0 Å². The third kappa shape index (κ3) is 4.75. The van der Waals surface area contributed by atoms with E-state index in [9.17, 15) is 14.9 Å². The predicted molar refractivity (Wildman–Crippen MR) is 122 cm³/mol. The summed E-state index contributed by atoms with van der Waals surface area (Å²) < 4.78 is 5.71. The highest BCUT2D eigenvalue weighted by Gasteiger charge is 2.31. The number of carbonyl (C=O) groups excluding carboxylic acids is 1. The van der Waals surface area contributed by atoms with E-state index >= 15 is 0 Å². The average molecular weight is 436 g/mol. The molecule has 2 unspecified atom stereocenters. The Morgan fingerprint density at radius 1 is 1.16 bits per heavy atom. The second kappa shape index (κ2) is 9.15. The topological polar surface area (TPSA) is 123 Å². The summed E-state index contributed by atoms with van der Waals surface area (Å²) in [4.78, 5) is 33.8. The zero-order valence-electron chi connectivity index (χ0n) is 17.8. The SMILES string of the molecule is CC1CN(c2ncnc(NCC(=O)Nc3ccc4ccccc4c3)c2[N+](=O)[O-])CC(C)O1. The van der Waals surface area contributed by atoms with Gasteiger partial charge >= 0.3 is 5.69 Å². The number of carbonyl (C=O) groups is 1. The molecular formula is C22H24N6O4. The smallest absolute Gasteiger partial charge is 0.353 e. The number of ether oxygens (including phenoxy) is 1. The molecule has 10 heteroatoms. The number of hydrogen-bond acceptors (Lipinski definition) is 8. The lowest BCUT2D eigenvalue weighted by atomic mass is 10.1. The summed E-state index contributed by atoms with van der Waals surface area (Å²) in [6, 6.07) is 13.4. The maximum atomic E-state index is 12.5. The maximum absolute atomic E-state index is 12.5. The first-order valence-corrected chi connectivity index (χ1v) is 10.3. The monoisotopic (exact) mass is 436 g/mol. The second-order valence-corrected chi connectivity index (χ2v) is 7.78. The molecule has 10 nitrogen and oxygen atoms in total. The van der Waals surface area contributed by atoms with Gasteiger partial charge in [-0.3, -0.25) is 14.9 Å². The minimum absolute atomic E-state index is 0.000425. The van der Waals surface area contributed by atoms with E-state index in [1.165, 1.54) is 6.33 Å². The predicted octanol–water partition coefficient (Wildman–Crippen LogP) is 3.20. The minimum Gasteiger partial charge on any atom is -0.372 e. The van der Waals surface area contributed by atoms with E-state index < -0.39 is 4.92 Å². The summed E-state index contributed by atoms with van der Waals surface area (Å²) in [6.07, 6.45) is 1.09. The number of nitro groups is 1. The Kier molecular flexibility index (Phi) is 6.13. The summed E-state index contributed by atoms with van der Waals surface area (Å²) in [7, 11) is 0. The van der Waals surface area contributed by atoms with Crippen LogP contribution >= 0.6 is 0 Å². The highest BCUT2D eigenvalue weighted by atomic mass is 16.6. The van der Waals surface area contributed by atoms with Gasteiger partial charge in [0.2, 0.25) is 17.5 Å². The molecule has 0 saturated carbocycles. The number of fused-ring (bicyclic) bond motifs is 1. The van der Waals surface area contributed by atoms with E-state index in [-0.39, 0.29) is 42.0 Å². The molecule has 1 aromatic heterocycles. The van der Waals surface area contributed by atoms with E-state index in [0.717, 1.165) is 10.8 Å². The van der Waals surface area contributed by atoms with Crippen molar-refractivity contribution in [3.05, 3.63) is 58.9 Å². The van der Waals surface area contributed by atoms with Gasteiger partial charge in [0, 0.05) is 18.8 Å². The molecule has 1 amide bonds. The van der Waals surface area contributed by atoms with Crippen LogP contribution in [-0.2, 0) is 9.53 Å². The molecule has 4 rings (SSSR count). The van der Waals surface area contributed by atoms with E-state index in [4.69, 9.17) is 4.74 Å². The maximum Gasteiger partial charge on any atom is 0.353 e. The normalized spacial score (nSPS) is 18.4. The molecule has 3 aromatic rings. The molecular weight excluding hydrogens is 412 g/mol. The van der Waals surface area contributed by atoms with Crippen molar-refractivity contribution in [2.75, 3.05) is 35.2 Å². The number of rotatable bonds is 6. The van der Waals surface area contributed by atoms with Crippen LogP contribution in [0.3, 0.4) is 0 Å². The molecule has 1 aliphatic heterocycles. The first-order valence-electron chi connectivity index (χ1n) is 10.3. The van der Waals surface area contributed by atoms with Crippen LogP contribution in [0.15, 0.2) is 48.8 Å². The van der Waals surface area contributed by atoms with Crippen molar-refractivity contribution in [1.29, 1.82) is 0 Å². The summed E-state index contributed by atoms with van der Waals surface area (Å²) in [5.41, 5.74) is 0.386. The first-order chi connectivity index (χ1) is 15.4. The van der Waals surface area contributed by atoms with Gasteiger partial charge in [0.15, 0.2) is 0 Å². The largest absolute Gasteiger partial charge is 0.372 e. The summed E-state index contributed by atoms with van der Waals surface area (Å²) in [6.45, 7) is 4.59.